The van der Waals surface area contributed by atoms with Gasteiger partial charge in [0.2, 0.25) is 0 Å². The van der Waals surface area contributed by atoms with Gasteiger partial charge in [-0.05, 0) is 74.2 Å². The highest BCUT2D eigenvalue weighted by Crippen LogP contribution is 2.25. The summed E-state index contributed by atoms with van der Waals surface area (Å²) in [4.78, 5) is 26.5. The second-order valence-corrected chi connectivity index (χ2v) is 7.80. The maximum absolute atomic E-state index is 12.8. The number of imide groups is 1. The molecule has 4 rings (SSSR count). The lowest BCUT2D eigenvalue weighted by Gasteiger charge is -2.12. The molecule has 1 aromatic heterocycles. The monoisotopic (exact) mass is 399 g/mol. The van der Waals surface area contributed by atoms with Crippen molar-refractivity contribution in [1.82, 2.24) is 14.8 Å². The predicted molar refractivity (Wildman–Crippen MR) is 118 cm³/mol. The quantitative estimate of drug-likeness (QED) is 0.506. The van der Waals surface area contributed by atoms with Crippen LogP contribution in [0.25, 0.3) is 11.8 Å². The number of nitrogens with one attached hydrogen (secondary N) is 1. The average Bonchev–Trinajstić information content (AvgIpc) is 3.15. The molecule has 152 valence electrons. The molecule has 1 aliphatic heterocycles. The van der Waals surface area contributed by atoms with E-state index < -0.39 is 6.03 Å². The van der Waals surface area contributed by atoms with Gasteiger partial charge in [-0.3, -0.25) is 9.69 Å². The van der Waals surface area contributed by atoms with Crippen molar-refractivity contribution in [3.8, 4) is 5.69 Å². The number of aromatic nitrogens is 1. The fourth-order valence-electron chi connectivity index (χ4n) is 3.83. The second kappa shape index (κ2) is 7.67. The SMILES string of the molecule is Cc1ccc(-n2c(C)cc(/C=C3/NC(=O)N(Cc4ccccc4)C3=O)c2C)cc1C. The van der Waals surface area contributed by atoms with Crippen molar-refractivity contribution >= 4 is 18.0 Å². The Bertz CT molecular complexity index is 1170. The van der Waals surface area contributed by atoms with Gasteiger partial charge in [-0.2, -0.15) is 0 Å². The number of nitrogens with zero attached hydrogens (tertiary/aromatic N) is 2. The third kappa shape index (κ3) is 3.54. The first-order valence-electron chi connectivity index (χ1n) is 10.00. The van der Waals surface area contributed by atoms with Gasteiger partial charge in [-0.15, -0.1) is 0 Å². The van der Waals surface area contributed by atoms with Crippen LogP contribution in [0.3, 0.4) is 0 Å². The van der Waals surface area contributed by atoms with Crippen LogP contribution >= 0.6 is 0 Å². The number of hydrogen-bond donors (Lipinski definition) is 1. The molecule has 1 N–H and O–H groups in total. The van der Waals surface area contributed by atoms with E-state index in [0.29, 0.717) is 5.70 Å². The summed E-state index contributed by atoms with van der Waals surface area (Å²) in [5.74, 6) is -0.306. The zero-order valence-corrected chi connectivity index (χ0v) is 17.7. The van der Waals surface area contributed by atoms with E-state index in [1.807, 2.05) is 50.2 Å². The van der Waals surface area contributed by atoms with Crippen molar-refractivity contribution < 1.29 is 9.59 Å². The highest BCUT2D eigenvalue weighted by Gasteiger charge is 2.33. The number of carbonyl (C=O) groups excluding carboxylic acids is 2. The number of benzene rings is 2. The van der Waals surface area contributed by atoms with Gasteiger partial charge >= 0.3 is 6.03 Å². The van der Waals surface area contributed by atoms with Gasteiger partial charge in [0, 0.05) is 17.1 Å². The van der Waals surface area contributed by atoms with Crippen molar-refractivity contribution in [2.75, 3.05) is 0 Å². The second-order valence-electron chi connectivity index (χ2n) is 7.80. The Morgan fingerprint density at radius 2 is 1.63 bits per heavy atom. The molecule has 1 aliphatic rings. The lowest BCUT2D eigenvalue weighted by Crippen LogP contribution is -2.30. The molecule has 3 amide bonds. The van der Waals surface area contributed by atoms with Gasteiger partial charge in [0.05, 0.1) is 6.54 Å². The minimum absolute atomic E-state index is 0.254. The van der Waals surface area contributed by atoms with E-state index in [2.05, 4.69) is 41.9 Å². The van der Waals surface area contributed by atoms with Crippen molar-refractivity contribution in [3.63, 3.8) is 0 Å². The number of carbonyl (C=O) groups is 2. The van der Waals surface area contributed by atoms with Crippen LogP contribution in [0, 0.1) is 27.7 Å². The predicted octanol–water partition coefficient (Wildman–Crippen LogP) is 4.80. The Hall–Kier alpha value is -3.60. The largest absolute Gasteiger partial charge is 0.329 e. The summed E-state index contributed by atoms with van der Waals surface area (Å²) >= 11 is 0. The van der Waals surface area contributed by atoms with E-state index in [4.69, 9.17) is 0 Å². The first-order valence-corrected chi connectivity index (χ1v) is 10.00. The smallest absolute Gasteiger partial charge is 0.318 e. The molecule has 2 heterocycles. The van der Waals surface area contributed by atoms with Crippen LogP contribution in [0.15, 0.2) is 60.3 Å². The van der Waals surface area contributed by atoms with E-state index in [9.17, 15) is 9.59 Å². The van der Waals surface area contributed by atoms with E-state index in [0.717, 1.165) is 28.2 Å². The maximum atomic E-state index is 12.8. The topological polar surface area (TPSA) is 54.3 Å². The minimum Gasteiger partial charge on any atom is -0.318 e. The van der Waals surface area contributed by atoms with Crippen LogP contribution in [0.5, 0.6) is 0 Å². The van der Waals surface area contributed by atoms with Crippen molar-refractivity contribution in [3.05, 3.63) is 93.9 Å². The molecule has 1 fully saturated rings. The van der Waals surface area contributed by atoms with Gasteiger partial charge in [-0.1, -0.05) is 36.4 Å². The molecule has 0 saturated carbocycles. The van der Waals surface area contributed by atoms with E-state index >= 15 is 0 Å². The molecule has 5 nitrogen and oxygen atoms in total. The summed E-state index contributed by atoms with van der Waals surface area (Å²) in [5.41, 5.74) is 7.79. The molecule has 0 atom stereocenters. The fourth-order valence-corrected chi connectivity index (χ4v) is 3.83. The van der Waals surface area contributed by atoms with Gasteiger partial charge in [-0.25, -0.2) is 4.79 Å². The molecule has 1 saturated heterocycles. The van der Waals surface area contributed by atoms with Crippen LogP contribution in [-0.4, -0.2) is 21.4 Å². The Kier molecular flexibility index (Phi) is 5.04. The third-order valence-electron chi connectivity index (χ3n) is 5.66. The summed E-state index contributed by atoms with van der Waals surface area (Å²) in [5, 5.41) is 2.72. The summed E-state index contributed by atoms with van der Waals surface area (Å²) in [6.45, 7) is 8.52. The highest BCUT2D eigenvalue weighted by atomic mass is 16.2. The van der Waals surface area contributed by atoms with Crippen LogP contribution < -0.4 is 5.32 Å². The van der Waals surface area contributed by atoms with Gasteiger partial charge in [0.25, 0.3) is 5.91 Å². The van der Waals surface area contributed by atoms with E-state index in [-0.39, 0.29) is 12.5 Å². The van der Waals surface area contributed by atoms with Crippen molar-refractivity contribution in [2.45, 2.75) is 34.2 Å². The number of rotatable bonds is 4. The molecule has 0 bridgehead atoms. The number of urea groups is 1. The van der Waals surface area contributed by atoms with Gasteiger partial charge < -0.3 is 9.88 Å². The van der Waals surface area contributed by atoms with Crippen LogP contribution in [0.2, 0.25) is 0 Å². The van der Waals surface area contributed by atoms with Crippen molar-refractivity contribution in [2.24, 2.45) is 0 Å². The summed E-state index contributed by atoms with van der Waals surface area (Å²) in [6.07, 6.45) is 1.77. The van der Waals surface area contributed by atoms with Crippen LogP contribution in [0.1, 0.15) is 33.6 Å². The van der Waals surface area contributed by atoms with Gasteiger partial charge in [0.15, 0.2) is 0 Å². The van der Waals surface area contributed by atoms with E-state index in [1.165, 1.54) is 16.0 Å². The molecule has 0 spiro atoms. The molecular weight excluding hydrogens is 374 g/mol. The summed E-state index contributed by atoms with van der Waals surface area (Å²) in [7, 11) is 0. The molecule has 2 aromatic carbocycles. The maximum Gasteiger partial charge on any atom is 0.329 e. The molecule has 0 aliphatic carbocycles. The highest BCUT2D eigenvalue weighted by molar-refractivity contribution is 6.13. The normalized spacial score (nSPS) is 15.2. The summed E-state index contributed by atoms with van der Waals surface area (Å²) in [6, 6.07) is 17.5. The number of amides is 3. The van der Waals surface area contributed by atoms with Crippen LogP contribution in [-0.2, 0) is 11.3 Å². The number of hydrogen-bond acceptors (Lipinski definition) is 2. The zero-order chi connectivity index (χ0) is 21.4. The zero-order valence-electron chi connectivity index (χ0n) is 17.7. The lowest BCUT2D eigenvalue weighted by molar-refractivity contribution is -0.123. The minimum atomic E-state index is -0.391. The molecule has 0 unspecified atom stereocenters. The molecule has 3 aromatic rings. The Morgan fingerprint density at radius 1 is 0.900 bits per heavy atom. The first kappa shape index (κ1) is 19.7. The number of aryl methyl sites for hydroxylation is 3. The van der Waals surface area contributed by atoms with Crippen molar-refractivity contribution in [1.29, 1.82) is 0 Å². The molecule has 5 heteroatoms. The molecule has 0 radical (unpaired) electrons. The Morgan fingerprint density at radius 3 is 2.33 bits per heavy atom. The lowest BCUT2D eigenvalue weighted by atomic mass is 10.1. The average molecular weight is 399 g/mol. The van der Waals surface area contributed by atoms with Crippen LogP contribution in [0.4, 0.5) is 4.79 Å². The molecular formula is C25H25N3O2. The first-order chi connectivity index (χ1) is 14.3. The Labute approximate surface area is 176 Å². The Balaban J connectivity index is 1.64. The fraction of sp³-hybridized carbons (Fsp3) is 0.200. The van der Waals surface area contributed by atoms with Gasteiger partial charge in [0.1, 0.15) is 5.70 Å². The van der Waals surface area contributed by atoms with E-state index in [1.54, 1.807) is 6.08 Å². The summed E-state index contributed by atoms with van der Waals surface area (Å²) < 4.78 is 2.17. The third-order valence-corrected chi connectivity index (χ3v) is 5.66. The standard InChI is InChI=1S/C25H25N3O2/c1-16-10-11-22(12-17(16)2)28-18(3)13-21(19(28)4)14-23-24(29)27(25(30)26-23)15-20-8-6-5-7-9-20/h5-14H,15H2,1-4H3,(H,26,30)/b23-14+. The molecule has 30 heavy (non-hydrogen) atoms.